The molecule has 0 amide bonds. The summed E-state index contributed by atoms with van der Waals surface area (Å²) in [5.74, 6) is 0.686. The monoisotopic (exact) mass is 337 g/mol. The van der Waals surface area contributed by atoms with Gasteiger partial charge in [0.15, 0.2) is 0 Å². The highest BCUT2D eigenvalue weighted by Crippen LogP contribution is 2.42. The molecule has 1 aromatic carbocycles. The molecule has 24 heavy (non-hydrogen) atoms. The van der Waals surface area contributed by atoms with Crippen LogP contribution in [0, 0.1) is 0 Å². The molecule has 0 atom stereocenters. The van der Waals surface area contributed by atoms with Crippen molar-refractivity contribution in [1.82, 2.24) is 0 Å². The van der Waals surface area contributed by atoms with Crippen LogP contribution in [0.5, 0.6) is 5.75 Å². The van der Waals surface area contributed by atoms with Gasteiger partial charge in [-0.05, 0) is 37.8 Å². The van der Waals surface area contributed by atoms with E-state index in [2.05, 4.69) is 9.98 Å². The van der Waals surface area contributed by atoms with Crippen LogP contribution < -0.4 is 21.1 Å². The van der Waals surface area contributed by atoms with E-state index in [4.69, 9.17) is 16.2 Å². The molecule has 2 aliphatic rings. The highest BCUT2D eigenvalue weighted by atomic mass is 19.3. The minimum Gasteiger partial charge on any atom is -0.485 e. The smallest absolute Gasteiger partial charge is 0.272 e. The predicted octanol–water partition coefficient (Wildman–Crippen LogP) is 2.44. The standard InChI is InChI=1S/C16H21F2N5O/c17-13(18)10-24-12-7-3-2-6-11(12)23-15(20)21-14(19)22-16(23)8-4-1-5-9-16/h2-3,6-7,13H,1,4-5,8-10H2,(H4,19,20,21,22). The first-order valence-electron chi connectivity index (χ1n) is 8.01. The summed E-state index contributed by atoms with van der Waals surface area (Å²) < 4.78 is 30.4. The van der Waals surface area contributed by atoms with E-state index < -0.39 is 18.7 Å². The lowest BCUT2D eigenvalue weighted by Crippen LogP contribution is -2.58. The Kier molecular flexibility index (Phi) is 4.55. The second-order valence-corrected chi connectivity index (χ2v) is 5.99. The quantitative estimate of drug-likeness (QED) is 0.883. The van der Waals surface area contributed by atoms with E-state index in [0.29, 0.717) is 11.4 Å². The molecule has 1 fully saturated rings. The Morgan fingerprint density at radius 2 is 1.88 bits per heavy atom. The van der Waals surface area contributed by atoms with Crippen molar-refractivity contribution in [3.63, 3.8) is 0 Å². The molecule has 1 aromatic rings. The van der Waals surface area contributed by atoms with Crippen LogP contribution in [0.4, 0.5) is 14.5 Å². The normalized spacial score (nSPS) is 20.0. The number of ether oxygens (including phenoxy) is 1. The summed E-state index contributed by atoms with van der Waals surface area (Å²) in [6.07, 6.45) is 2.08. The molecule has 1 saturated carbocycles. The van der Waals surface area contributed by atoms with E-state index in [9.17, 15) is 8.78 Å². The number of aliphatic imine (C=N–C) groups is 2. The summed E-state index contributed by atoms with van der Waals surface area (Å²) in [6.45, 7) is -0.680. The number of anilines is 1. The molecule has 4 N–H and O–H groups in total. The highest BCUT2D eigenvalue weighted by molar-refractivity contribution is 6.06. The topological polar surface area (TPSA) is 89.2 Å². The lowest BCUT2D eigenvalue weighted by molar-refractivity contribution is 0.0820. The highest BCUT2D eigenvalue weighted by Gasteiger charge is 2.43. The number of benzene rings is 1. The average molecular weight is 337 g/mol. The number of hydrogen-bond acceptors (Lipinski definition) is 6. The Hall–Kier alpha value is -2.38. The van der Waals surface area contributed by atoms with Gasteiger partial charge in [-0.2, -0.15) is 4.99 Å². The third-order valence-corrected chi connectivity index (χ3v) is 4.32. The molecule has 0 aromatic heterocycles. The lowest BCUT2D eigenvalue weighted by atomic mass is 9.87. The van der Waals surface area contributed by atoms with Gasteiger partial charge in [-0.3, -0.25) is 4.90 Å². The summed E-state index contributed by atoms with van der Waals surface area (Å²) in [7, 11) is 0. The number of guanidine groups is 2. The summed E-state index contributed by atoms with van der Waals surface area (Å²) in [4.78, 5) is 10.4. The van der Waals surface area contributed by atoms with Gasteiger partial charge >= 0.3 is 0 Å². The van der Waals surface area contributed by atoms with Crippen LogP contribution in [0.25, 0.3) is 0 Å². The Morgan fingerprint density at radius 3 is 2.58 bits per heavy atom. The van der Waals surface area contributed by atoms with Crippen molar-refractivity contribution in [3.05, 3.63) is 24.3 Å². The van der Waals surface area contributed by atoms with Crippen LogP contribution in [0.15, 0.2) is 34.3 Å². The fourth-order valence-electron chi connectivity index (χ4n) is 3.39. The van der Waals surface area contributed by atoms with E-state index >= 15 is 0 Å². The van der Waals surface area contributed by atoms with Crippen molar-refractivity contribution in [2.24, 2.45) is 21.5 Å². The zero-order valence-corrected chi connectivity index (χ0v) is 13.3. The molecule has 0 radical (unpaired) electrons. The summed E-state index contributed by atoms with van der Waals surface area (Å²) >= 11 is 0. The van der Waals surface area contributed by atoms with Gasteiger partial charge in [-0.25, -0.2) is 13.8 Å². The van der Waals surface area contributed by atoms with Crippen molar-refractivity contribution in [2.75, 3.05) is 11.5 Å². The molecule has 0 bridgehead atoms. The summed E-state index contributed by atoms with van der Waals surface area (Å²) in [6, 6.07) is 6.95. The van der Waals surface area contributed by atoms with Crippen LogP contribution in [-0.4, -0.2) is 30.6 Å². The second-order valence-electron chi connectivity index (χ2n) is 5.99. The summed E-state index contributed by atoms with van der Waals surface area (Å²) in [5.41, 5.74) is 11.9. The van der Waals surface area contributed by atoms with E-state index in [1.54, 1.807) is 29.2 Å². The Labute approximate surface area is 139 Å². The van der Waals surface area contributed by atoms with Crippen LogP contribution >= 0.6 is 0 Å². The molecule has 1 aliphatic heterocycles. The number of hydrogen-bond donors (Lipinski definition) is 2. The molecular formula is C16H21F2N5O. The first-order valence-corrected chi connectivity index (χ1v) is 8.01. The Bertz CT molecular complexity index is 656. The van der Waals surface area contributed by atoms with Gasteiger partial charge in [-0.1, -0.05) is 18.6 Å². The minimum atomic E-state index is -2.55. The minimum absolute atomic E-state index is 0.150. The first kappa shape index (κ1) is 16.5. The van der Waals surface area contributed by atoms with Gasteiger partial charge in [0.05, 0.1) is 5.69 Å². The molecule has 0 saturated heterocycles. The third-order valence-electron chi connectivity index (χ3n) is 4.32. The van der Waals surface area contributed by atoms with Crippen LogP contribution in [0.1, 0.15) is 32.1 Å². The van der Waals surface area contributed by atoms with Crippen molar-refractivity contribution < 1.29 is 13.5 Å². The number of alkyl halides is 2. The van der Waals surface area contributed by atoms with E-state index in [-0.39, 0.29) is 11.9 Å². The first-order chi connectivity index (χ1) is 11.5. The fourth-order valence-corrected chi connectivity index (χ4v) is 3.39. The maximum atomic E-state index is 12.5. The van der Waals surface area contributed by atoms with Gasteiger partial charge < -0.3 is 16.2 Å². The molecule has 1 aliphatic carbocycles. The third kappa shape index (κ3) is 3.13. The average Bonchev–Trinajstić information content (AvgIpc) is 2.53. The molecule has 1 heterocycles. The molecule has 8 heteroatoms. The van der Waals surface area contributed by atoms with E-state index in [1.165, 1.54) is 0 Å². The van der Waals surface area contributed by atoms with Gasteiger partial charge in [0.2, 0.25) is 11.9 Å². The van der Waals surface area contributed by atoms with Crippen molar-refractivity contribution in [2.45, 2.75) is 44.2 Å². The lowest BCUT2D eigenvalue weighted by Gasteiger charge is -2.45. The Balaban J connectivity index is 2.01. The molecule has 3 rings (SSSR count). The molecular weight excluding hydrogens is 316 g/mol. The number of para-hydroxylation sites is 2. The van der Waals surface area contributed by atoms with Crippen molar-refractivity contribution >= 4 is 17.6 Å². The fraction of sp³-hybridized carbons (Fsp3) is 0.500. The predicted molar refractivity (Wildman–Crippen MR) is 89.5 cm³/mol. The van der Waals surface area contributed by atoms with Gasteiger partial charge in [0, 0.05) is 0 Å². The number of nitrogens with two attached hydrogens (primary N) is 2. The number of rotatable bonds is 4. The van der Waals surface area contributed by atoms with Crippen LogP contribution in [0.3, 0.4) is 0 Å². The van der Waals surface area contributed by atoms with Gasteiger partial charge in [0.1, 0.15) is 18.0 Å². The maximum absolute atomic E-state index is 12.5. The largest absolute Gasteiger partial charge is 0.485 e. The van der Waals surface area contributed by atoms with Gasteiger partial charge in [-0.15, -0.1) is 0 Å². The maximum Gasteiger partial charge on any atom is 0.272 e. The van der Waals surface area contributed by atoms with E-state index in [0.717, 1.165) is 32.1 Å². The van der Waals surface area contributed by atoms with E-state index in [1.807, 2.05) is 0 Å². The SMILES string of the molecule is NC1=NC2(CCCCC2)N(c2ccccc2OCC(F)F)C(N)=N1. The summed E-state index contributed by atoms with van der Waals surface area (Å²) in [5, 5.41) is 0. The molecule has 0 unspecified atom stereocenters. The zero-order valence-electron chi connectivity index (χ0n) is 13.3. The van der Waals surface area contributed by atoms with Crippen molar-refractivity contribution in [3.8, 4) is 5.75 Å². The van der Waals surface area contributed by atoms with Crippen LogP contribution in [0.2, 0.25) is 0 Å². The second kappa shape index (κ2) is 6.62. The Morgan fingerprint density at radius 1 is 1.17 bits per heavy atom. The van der Waals surface area contributed by atoms with Crippen molar-refractivity contribution in [1.29, 1.82) is 0 Å². The van der Waals surface area contributed by atoms with Crippen LogP contribution in [-0.2, 0) is 0 Å². The van der Waals surface area contributed by atoms with Gasteiger partial charge in [0.25, 0.3) is 6.43 Å². The molecule has 1 spiro atoms. The molecule has 6 nitrogen and oxygen atoms in total. The number of nitrogens with zero attached hydrogens (tertiary/aromatic N) is 3. The number of halogens is 2. The zero-order chi connectivity index (χ0) is 17.2. The molecule has 130 valence electrons.